The molecule has 330 valence electrons. The second-order valence-corrected chi connectivity index (χ2v) is 22.1. The van der Waals surface area contributed by atoms with E-state index in [1.165, 1.54) is 55.5 Å². The number of aromatic nitrogens is 2. The van der Waals surface area contributed by atoms with Crippen LogP contribution >= 0.6 is 0 Å². The normalized spacial score (nSPS) is 13.8. The number of nitrogens with zero attached hydrogens (tertiary/aromatic N) is 5. The summed E-state index contributed by atoms with van der Waals surface area (Å²) in [7, 11) is 0. The molecule has 0 amide bonds. The van der Waals surface area contributed by atoms with Crippen LogP contribution in [0.2, 0.25) is 0 Å². The third-order valence-electron chi connectivity index (χ3n) is 13.0. The van der Waals surface area contributed by atoms with Gasteiger partial charge in [0.25, 0.3) is 0 Å². The van der Waals surface area contributed by atoms with Crippen molar-refractivity contribution >= 4 is 50.2 Å². The smallest absolute Gasteiger partial charge is 0.137 e. The van der Waals surface area contributed by atoms with Gasteiger partial charge in [0.2, 0.25) is 0 Å². The summed E-state index contributed by atoms with van der Waals surface area (Å²) in [5.74, 6) is 0.929. The van der Waals surface area contributed by atoms with E-state index in [4.69, 9.17) is 4.98 Å². The predicted molar refractivity (Wildman–Crippen MR) is 279 cm³/mol. The standard InChI is InChI=1S/C60H65N5/c1-57(2,3)43-26-28-51-52-29-27-49(38-54(52)65(53(51)35-43)56-36-44(30-31-61-56)58(4,5)6)64(46-22-17-14-18-23-46)48-25-19-24-47(37-48)63-40-62(39-55(63)60(10,11)12)50-33-42(41-20-15-13-16-21-41)32-45(34-50)59(7,8)9/h13-39H,40H2,1-12H3. The first-order valence-electron chi connectivity index (χ1n) is 23.2. The minimum Gasteiger partial charge on any atom is -0.328 e. The maximum atomic E-state index is 5.06. The van der Waals surface area contributed by atoms with Crippen molar-refractivity contribution < 1.29 is 0 Å². The molecule has 1 aliphatic heterocycles. The summed E-state index contributed by atoms with van der Waals surface area (Å²) in [5, 5.41) is 2.43. The van der Waals surface area contributed by atoms with Crippen molar-refractivity contribution in [1.82, 2.24) is 9.55 Å². The fourth-order valence-electron chi connectivity index (χ4n) is 9.16. The first-order chi connectivity index (χ1) is 30.7. The average molecular weight is 856 g/mol. The zero-order chi connectivity index (χ0) is 46.1. The predicted octanol–water partition coefficient (Wildman–Crippen LogP) is 16.4. The molecule has 0 saturated heterocycles. The Balaban J connectivity index is 1.18. The maximum absolute atomic E-state index is 5.06. The molecule has 5 nitrogen and oxygen atoms in total. The van der Waals surface area contributed by atoms with Crippen LogP contribution in [0.5, 0.6) is 0 Å². The molecule has 0 unspecified atom stereocenters. The summed E-state index contributed by atoms with van der Waals surface area (Å²) in [4.78, 5) is 12.4. The number of rotatable bonds is 7. The molecular formula is C60H65N5. The van der Waals surface area contributed by atoms with Crippen LogP contribution in [-0.4, -0.2) is 16.2 Å². The highest BCUT2D eigenvalue weighted by Gasteiger charge is 2.33. The van der Waals surface area contributed by atoms with E-state index in [0.29, 0.717) is 6.67 Å². The SMILES string of the molecule is CC(C)(C)C1=CN(c2cc(-c3ccccc3)cc(C(C)(C)C)c2)CN1c1cccc(N(c2ccccc2)c2ccc3c4ccc(C(C)(C)C)cc4n(-c4cc(C(C)(C)C)ccn4)c3c2)c1. The molecule has 0 saturated carbocycles. The first kappa shape index (κ1) is 43.7. The van der Waals surface area contributed by atoms with Gasteiger partial charge in [-0.3, -0.25) is 4.57 Å². The van der Waals surface area contributed by atoms with Crippen LogP contribution < -0.4 is 14.7 Å². The van der Waals surface area contributed by atoms with Crippen molar-refractivity contribution in [2.45, 2.75) is 99.3 Å². The van der Waals surface area contributed by atoms with Gasteiger partial charge in [0.15, 0.2) is 0 Å². The molecule has 6 aromatic carbocycles. The van der Waals surface area contributed by atoms with E-state index >= 15 is 0 Å². The Labute approximate surface area is 387 Å². The summed E-state index contributed by atoms with van der Waals surface area (Å²) in [6, 6.07) is 56.1. The second-order valence-electron chi connectivity index (χ2n) is 22.1. The summed E-state index contributed by atoms with van der Waals surface area (Å²) in [5.41, 5.74) is 15.4. The average Bonchev–Trinajstić information content (AvgIpc) is 3.87. The van der Waals surface area contributed by atoms with E-state index < -0.39 is 0 Å². The Morgan fingerprint density at radius 2 is 1.05 bits per heavy atom. The zero-order valence-corrected chi connectivity index (χ0v) is 40.5. The van der Waals surface area contributed by atoms with Gasteiger partial charge in [-0.2, -0.15) is 0 Å². The van der Waals surface area contributed by atoms with Crippen LogP contribution in [0, 0.1) is 5.41 Å². The lowest BCUT2D eigenvalue weighted by Crippen LogP contribution is -2.30. The van der Waals surface area contributed by atoms with E-state index in [2.05, 4.69) is 260 Å². The molecule has 0 fully saturated rings. The number of pyridine rings is 1. The van der Waals surface area contributed by atoms with E-state index in [-0.39, 0.29) is 21.7 Å². The molecule has 5 heteroatoms. The summed E-state index contributed by atoms with van der Waals surface area (Å²) >= 11 is 0. The third-order valence-corrected chi connectivity index (χ3v) is 13.0. The zero-order valence-electron chi connectivity index (χ0n) is 40.5. The number of benzene rings is 6. The molecular weight excluding hydrogens is 791 g/mol. The van der Waals surface area contributed by atoms with Crippen molar-refractivity contribution in [3.05, 3.63) is 186 Å². The number of para-hydroxylation sites is 1. The molecule has 0 aliphatic carbocycles. The van der Waals surface area contributed by atoms with E-state index in [0.717, 1.165) is 34.1 Å². The topological polar surface area (TPSA) is 27.5 Å². The molecule has 0 bridgehead atoms. The Morgan fingerprint density at radius 3 is 1.71 bits per heavy atom. The summed E-state index contributed by atoms with van der Waals surface area (Å²) < 4.78 is 2.38. The molecule has 0 spiro atoms. The highest BCUT2D eigenvalue weighted by molar-refractivity contribution is 6.10. The van der Waals surface area contributed by atoms with Crippen LogP contribution in [-0.2, 0) is 16.2 Å². The van der Waals surface area contributed by atoms with Crippen molar-refractivity contribution in [3.63, 3.8) is 0 Å². The third kappa shape index (κ3) is 8.57. The monoisotopic (exact) mass is 856 g/mol. The van der Waals surface area contributed by atoms with E-state index in [1.807, 2.05) is 6.20 Å². The second kappa shape index (κ2) is 16.1. The molecule has 0 N–H and O–H groups in total. The van der Waals surface area contributed by atoms with Gasteiger partial charge in [-0.1, -0.05) is 162 Å². The van der Waals surface area contributed by atoms with Gasteiger partial charge in [0, 0.05) is 62.7 Å². The van der Waals surface area contributed by atoms with Crippen LogP contribution in [0.4, 0.5) is 28.4 Å². The Kier molecular flexibility index (Phi) is 10.8. The van der Waals surface area contributed by atoms with Gasteiger partial charge in [0.1, 0.15) is 5.82 Å². The van der Waals surface area contributed by atoms with Crippen LogP contribution in [0.1, 0.15) is 99.8 Å². The molecule has 2 aromatic heterocycles. The van der Waals surface area contributed by atoms with Gasteiger partial charge in [0.05, 0.1) is 17.7 Å². The summed E-state index contributed by atoms with van der Waals surface area (Å²) in [6.45, 7) is 28.2. The lowest BCUT2D eigenvalue weighted by atomic mass is 9.85. The van der Waals surface area contributed by atoms with Gasteiger partial charge < -0.3 is 14.7 Å². The minimum atomic E-state index is -0.114. The number of allylic oxidation sites excluding steroid dienone is 1. The lowest BCUT2D eigenvalue weighted by Gasteiger charge is -2.32. The number of fused-ring (bicyclic) bond motifs is 3. The van der Waals surface area contributed by atoms with Gasteiger partial charge in [-0.15, -0.1) is 0 Å². The Bertz CT molecular complexity index is 3050. The van der Waals surface area contributed by atoms with Crippen molar-refractivity contribution in [1.29, 1.82) is 0 Å². The van der Waals surface area contributed by atoms with Crippen molar-refractivity contribution in [2.75, 3.05) is 21.4 Å². The molecule has 65 heavy (non-hydrogen) atoms. The molecule has 3 heterocycles. The molecule has 9 rings (SSSR count). The van der Waals surface area contributed by atoms with Gasteiger partial charge in [-0.05, 0) is 117 Å². The van der Waals surface area contributed by atoms with Gasteiger partial charge in [-0.25, -0.2) is 4.98 Å². The van der Waals surface area contributed by atoms with Crippen LogP contribution in [0.15, 0.2) is 170 Å². The number of hydrogen-bond donors (Lipinski definition) is 0. The molecule has 1 aliphatic rings. The molecule has 8 aromatic rings. The fourth-order valence-corrected chi connectivity index (χ4v) is 9.16. The van der Waals surface area contributed by atoms with Crippen molar-refractivity contribution in [3.8, 4) is 16.9 Å². The molecule has 0 radical (unpaired) electrons. The Morgan fingerprint density at radius 1 is 0.446 bits per heavy atom. The van der Waals surface area contributed by atoms with Crippen LogP contribution in [0.25, 0.3) is 38.8 Å². The highest BCUT2D eigenvalue weighted by Crippen LogP contribution is 2.44. The number of hydrogen-bond acceptors (Lipinski definition) is 4. The minimum absolute atomic E-state index is 0.00751. The van der Waals surface area contributed by atoms with E-state index in [9.17, 15) is 0 Å². The fraction of sp³-hybridized carbons (Fsp3) is 0.283. The van der Waals surface area contributed by atoms with Crippen LogP contribution in [0.3, 0.4) is 0 Å². The lowest BCUT2D eigenvalue weighted by molar-refractivity contribution is 0.492. The largest absolute Gasteiger partial charge is 0.328 e. The molecule has 0 atom stereocenters. The quantitative estimate of drug-likeness (QED) is 0.160. The highest BCUT2D eigenvalue weighted by atomic mass is 15.4. The van der Waals surface area contributed by atoms with E-state index in [1.54, 1.807) is 0 Å². The summed E-state index contributed by atoms with van der Waals surface area (Å²) in [6.07, 6.45) is 4.34. The van der Waals surface area contributed by atoms with Crippen molar-refractivity contribution in [2.24, 2.45) is 5.41 Å². The Hall–Kier alpha value is -6.59. The number of anilines is 5. The first-order valence-corrected chi connectivity index (χ1v) is 23.2. The van der Waals surface area contributed by atoms with Gasteiger partial charge >= 0.3 is 0 Å². The maximum Gasteiger partial charge on any atom is 0.137 e.